The normalized spacial score (nSPS) is 41.4. The highest BCUT2D eigenvalue weighted by Crippen LogP contribution is 2.69. The fourth-order valence-electron chi connectivity index (χ4n) is 4.45. The van der Waals surface area contributed by atoms with Crippen LogP contribution in [0.15, 0.2) is 0 Å². The summed E-state index contributed by atoms with van der Waals surface area (Å²) in [6.07, 6.45) is 7.51. The Hall–Kier alpha value is -0.570. The summed E-state index contributed by atoms with van der Waals surface area (Å²) < 4.78 is 0. The number of hydrogen-bond donors (Lipinski definition) is 2. The monoisotopic (exact) mass is 236 g/mol. The molecule has 4 unspecified atom stereocenters. The molecule has 0 aromatic carbocycles. The van der Waals surface area contributed by atoms with E-state index in [0.29, 0.717) is 11.8 Å². The van der Waals surface area contributed by atoms with Crippen LogP contribution in [-0.2, 0) is 4.79 Å². The first kappa shape index (κ1) is 11.5. The topological polar surface area (TPSA) is 55.1 Å². The van der Waals surface area contributed by atoms with Crippen LogP contribution in [0, 0.1) is 29.6 Å². The molecule has 0 aromatic rings. The van der Waals surface area contributed by atoms with Gasteiger partial charge in [0.05, 0.1) is 0 Å². The van der Waals surface area contributed by atoms with Crippen LogP contribution in [0.1, 0.15) is 38.5 Å². The highest BCUT2D eigenvalue weighted by atomic mass is 16.2. The largest absolute Gasteiger partial charge is 0.356 e. The molecule has 96 valence electrons. The number of rotatable bonds is 6. The zero-order chi connectivity index (χ0) is 11.8. The third-order valence-electron chi connectivity index (χ3n) is 5.22. The maximum Gasteiger partial charge on any atom is 0.223 e. The van der Waals surface area contributed by atoms with Crippen molar-refractivity contribution in [2.75, 3.05) is 13.1 Å². The van der Waals surface area contributed by atoms with E-state index in [2.05, 4.69) is 5.32 Å². The molecule has 2 bridgehead atoms. The van der Waals surface area contributed by atoms with Crippen molar-refractivity contribution in [1.29, 1.82) is 0 Å². The standard InChI is InChI=1S/C14H24N2O/c15-6-2-1-3-7-16-14(17)13-11-9-4-5-10(8-9)12(11)13/h9-13H,1-8,15H2,(H,16,17). The summed E-state index contributed by atoms with van der Waals surface area (Å²) in [5.41, 5.74) is 5.44. The first-order valence-corrected chi connectivity index (χ1v) is 7.30. The predicted molar refractivity (Wildman–Crippen MR) is 67.2 cm³/mol. The molecule has 0 radical (unpaired) electrons. The number of nitrogens with one attached hydrogen (secondary N) is 1. The summed E-state index contributed by atoms with van der Waals surface area (Å²) in [4.78, 5) is 12.0. The summed E-state index contributed by atoms with van der Waals surface area (Å²) in [7, 11) is 0. The Labute approximate surface area is 104 Å². The summed E-state index contributed by atoms with van der Waals surface area (Å²) in [6, 6.07) is 0. The second-order valence-electron chi connectivity index (χ2n) is 6.15. The van der Waals surface area contributed by atoms with E-state index in [1.54, 1.807) is 0 Å². The van der Waals surface area contributed by atoms with Gasteiger partial charge in [-0.2, -0.15) is 0 Å². The van der Waals surface area contributed by atoms with Crippen LogP contribution in [-0.4, -0.2) is 19.0 Å². The zero-order valence-electron chi connectivity index (χ0n) is 10.5. The minimum Gasteiger partial charge on any atom is -0.356 e. The smallest absolute Gasteiger partial charge is 0.223 e. The van der Waals surface area contributed by atoms with E-state index in [1.807, 2.05) is 0 Å². The van der Waals surface area contributed by atoms with Gasteiger partial charge in [-0.05, 0) is 62.3 Å². The Bertz CT molecular complexity index is 289. The SMILES string of the molecule is NCCCCCNC(=O)C1C2C3CCC(C3)C12. The van der Waals surface area contributed by atoms with Gasteiger partial charge in [-0.15, -0.1) is 0 Å². The molecule has 0 aliphatic heterocycles. The summed E-state index contributed by atoms with van der Waals surface area (Å²) in [5.74, 6) is 4.10. The second-order valence-corrected chi connectivity index (χ2v) is 6.15. The number of carbonyl (C=O) groups is 1. The van der Waals surface area contributed by atoms with Crippen molar-refractivity contribution < 1.29 is 4.79 Å². The van der Waals surface area contributed by atoms with E-state index in [4.69, 9.17) is 5.73 Å². The van der Waals surface area contributed by atoms with E-state index in [0.717, 1.165) is 56.0 Å². The molecular weight excluding hydrogens is 212 g/mol. The number of nitrogens with two attached hydrogens (primary N) is 1. The van der Waals surface area contributed by atoms with Crippen molar-refractivity contribution in [1.82, 2.24) is 5.32 Å². The van der Waals surface area contributed by atoms with Gasteiger partial charge >= 0.3 is 0 Å². The molecule has 1 amide bonds. The highest BCUT2D eigenvalue weighted by molar-refractivity contribution is 5.82. The number of carbonyl (C=O) groups excluding carboxylic acids is 1. The van der Waals surface area contributed by atoms with Gasteiger partial charge in [0.2, 0.25) is 5.91 Å². The van der Waals surface area contributed by atoms with Crippen LogP contribution in [0.2, 0.25) is 0 Å². The van der Waals surface area contributed by atoms with Gasteiger partial charge in [-0.3, -0.25) is 4.79 Å². The lowest BCUT2D eigenvalue weighted by Gasteiger charge is -2.09. The fourth-order valence-corrected chi connectivity index (χ4v) is 4.45. The minimum atomic E-state index is 0.351. The summed E-state index contributed by atoms with van der Waals surface area (Å²) >= 11 is 0. The average molecular weight is 236 g/mol. The molecule has 3 saturated carbocycles. The molecule has 3 N–H and O–H groups in total. The first-order valence-electron chi connectivity index (χ1n) is 7.30. The lowest BCUT2D eigenvalue weighted by molar-refractivity contribution is -0.123. The Morgan fingerprint density at radius 1 is 1.12 bits per heavy atom. The molecule has 4 atom stereocenters. The molecule has 17 heavy (non-hydrogen) atoms. The maximum absolute atomic E-state index is 12.0. The van der Waals surface area contributed by atoms with E-state index in [-0.39, 0.29) is 0 Å². The number of unbranched alkanes of at least 4 members (excludes halogenated alkanes) is 2. The Morgan fingerprint density at radius 2 is 1.82 bits per heavy atom. The van der Waals surface area contributed by atoms with Crippen LogP contribution in [0.4, 0.5) is 0 Å². The molecule has 0 spiro atoms. The van der Waals surface area contributed by atoms with Gasteiger partial charge in [-0.1, -0.05) is 6.42 Å². The fraction of sp³-hybridized carbons (Fsp3) is 0.929. The van der Waals surface area contributed by atoms with Crippen molar-refractivity contribution in [3.8, 4) is 0 Å². The minimum absolute atomic E-state index is 0.351. The molecule has 3 fully saturated rings. The third kappa shape index (κ3) is 1.99. The van der Waals surface area contributed by atoms with E-state index in [1.165, 1.54) is 19.3 Å². The number of fused-ring (bicyclic) bond motifs is 5. The second kappa shape index (κ2) is 4.60. The van der Waals surface area contributed by atoms with Crippen molar-refractivity contribution >= 4 is 5.91 Å². The van der Waals surface area contributed by atoms with Gasteiger partial charge in [0, 0.05) is 12.5 Å². The zero-order valence-corrected chi connectivity index (χ0v) is 10.5. The Kier molecular flexibility index (Phi) is 3.12. The van der Waals surface area contributed by atoms with E-state index in [9.17, 15) is 4.79 Å². The van der Waals surface area contributed by atoms with Gasteiger partial charge in [0.25, 0.3) is 0 Å². The molecule has 0 aromatic heterocycles. The first-order chi connectivity index (χ1) is 8.33. The molecule has 3 aliphatic carbocycles. The number of hydrogen-bond acceptors (Lipinski definition) is 2. The average Bonchev–Trinajstić information content (AvgIpc) is 2.78. The molecule has 3 aliphatic rings. The van der Waals surface area contributed by atoms with Crippen molar-refractivity contribution in [2.24, 2.45) is 35.3 Å². The van der Waals surface area contributed by atoms with Gasteiger partial charge in [0.1, 0.15) is 0 Å². The molecule has 0 saturated heterocycles. The Balaban J connectivity index is 1.38. The predicted octanol–water partition coefficient (Wildman–Crippen LogP) is 1.52. The van der Waals surface area contributed by atoms with Crippen LogP contribution in [0.3, 0.4) is 0 Å². The lowest BCUT2D eigenvalue weighted by Crippen LogP contribution is -2.28. The third-order valence-corrected chi connectivity index (χ3v) is 5.22. The maximum atomic E-state index is 12.0. The summed E-state index contributed by atoms with van der Waals surface area (Å²) in [5, 5.41) is 3.12. The van der Waals surface area contributed by atoms with Crippen molar-refractivity contribution in [2.45, 2.75) is 38.5 Å². The Morgan fingerprint density at radius 3 is 2.47 bits per heavy atom. The molecular formula is C14H24N2O. The van der Waals surface area contributed by atoms with Gasteiger partial charge in [-0.25, -0.2) is 0 Å². The van der Waals surface area contributed by atoms with Crippen LogP contribution in [0.5, 0.6) is 0 Å². The van der Waals surface area contributed by atoms with Crippen LogP contribution < -0.4 is 11.1 Å². The molecule has 0 heterocycles. The van der Waals surface area contributed by atoms with Crippen LogP contribution in [0.25, 0.3) is 0 Å². The highest BCUT2D eigenvalue weighted by Gasteiger charge is 2.67. The number of amides is 1. The van der Waals surface area contributed by atoms with Gasteiger partial charge in [0.15, 0.2) is 0 Å². The summed E-state index contributed by atoms with van der Waals surface area (Å²) in [6.45, 7) is 1.62. The quantitative estimate of drug-likeness (QED) is 0.687. The van der Waals surface area contributed by atoms with Crippen molar-refractivity contribution in [3.05, 3.63) is 0 Å². The lowest BCUT2D eigenvalue weighted by atomic mass is 10.0. The molecule has 3 rings (SSSR count). The molecule has 3 heteroatoms. The van der Waals surface area contributed by atoms with Crippen molar-refractivity contribution in [3.63, 3.8) is 0 Å². The van der Waals surface area contributed by atoms with Gasteiger partial charge < -0.3 is 11.1 Å². The van der Waals surface area contributed by atoms with Crippen LogP contribution >= 0.6 is 0 Å². The molecule has 3 nitrogen and oxygen atoms in total. The van der Waals surface area contributed by atoms with E-state index >= 15 is 0 Å². The van der Waals surface area contributed by atoms with E-state index < -0.39 is 0 Å².